The van der Waals surface area contributed by atoms with E-state index < -0.39 is 0 Å². The number of anilines is 2. The monoisotopic (exact) mass is 244 g/mol. The normalized spacial score (nSPS) is 31.4. The highest BCUT2D eigenvalue weighted by atomic mass is 15.2. The average Bonchev–Trinajstić information content (AvgIpc) is 2.73. The van der Waals surface area contributed by atoms with Crippen LogP contribution in [-0.4, -0.2) is 12.6 Å². The first-order valence-electron chi connectivity index (χ1n) is 7.29. The molecule has 1 aromatic rings. The third-order valence-corrected chi connectivity index (χ3v) is 4.65. The number of hydrogen-bond acceptors (Lipinski definition) is 2. The summed E-state index contributed by atoms with van der Waals surface area (Å²) in [4.78, 5) is 2.59. The third kappa shape index (κ3) is 1.98. The number of rotatable bonds is 1. The van der Waals surface area contributed by atoms with Crippen molar-refractivity contribution in [3.63, 3.8) is 0 Å². The molecule has 2 heteroatoms. The highest BCUT2D eigenvalue weighted by molar-refractivity contribution is 5.74. The highest BCUT2D eigenvalue weighted by Crippen LogP contribution is 2.40. The van der Waals surface area contributed by atoms with Gasteiger partial charge in [-0.05, 0) is 49.1 Å². The molecule has 1 fully saturated rings. The van der Waals surface area contributed by atoms with Crippen molar-refractivity contribution in [1.29, 1.82) is 0 Å². The summed E-state index contributed by atoms with van der Waals surface area (Å²) in [6.45, 7) is 5.95. The van der Waals surface area contributed by atoms with E-state index in [1.807, 2.05) is 6.07 Å². The Bertz CT molecular complexity index is 431. The van der Waals surface area contributed by atoms with Gasteiger partial charge in [0.15, 0.2) is 0 Å². The van der Waals surface area contributed by atoms with Crippen LogP contribution in [0, 0.1) is 11.8 Å². The Morgan fingerprint density at radius 1 is 1.11 bits per heavy atom. The lowest BCUT2D eigenvalue weighted by molar-refractivity contribution is 0.262. The molecule has 1 saturated carbocycles. The fraction of sp³-hybridized carbons (Fsp3) is 0.625. The van der Waals surface area contributed by atoms with Crippen LogP contribution in [0.4, 0.5) is 11.4 Å². The molecule has 98 valence electrons. The van der Waals surface area contributed by atoms with Gasteiger partial charge >= 0.3 is 0 Å². The van der Waals surface area contributed by atoms with E-state index in [1.54, 1.807) is 0 Å². The van der Waals surface area contributed by atoms with Crippen molar-refractivity contribution in [3.05, 3.63) is 23.8 Å². The molecule has 2 nitrogen and oxygen atoms in total. The maximum absolute atomic E-state index is 6.20. The standard InChI is InChI=1S/C16H24N2/c1-11-8-12(2)10-14(9-11)18-7-6-13-4-3-5-15(17)16(13)18/h3-5,11-12,14H,6-10,17H2,1-2H3. The summed E-state index contributed by atoms with van der Waals surface area (Å²) in [7, 11) is 0. The number of nitrogens with zero attached hydrogens (tertiary/aromatic N) is 1. The number of fused-ring (bicyclic) bond motifs is 1. The molecule has 0 spiro atoms. The summed E-state index contributed by atoms with van der Waals surface area (Å²) >= 11 is 0. The quantitative estimate of drug-likeness (QED) is 0.767. The first kappa shape index (κ1) is 11.9. The van der Waals surface area contributed by atoms with Crippen LogP contribution in [0.2, 0.25) is 0 Å². The second kappa shape index (κ2) is 4.49. The second-order valence-corrected chi connectivity index (χ2v) is 6.37. The van der Waals surface area contributed by atoms with Gasteiger partial charge in [0.25, 0.3) is 0 Å². The van der Waals surface area contributed by atoms with Crippen LogP contribution in [0.1, 0.15) is 38.7 Å². The number of nitrogen functional groups attached to an aromatic ring is 1. The Balaban J connectivity index is 1.87. The van der Waals surface area contributed by atoms with E-state index in [9.17, 15) is 0 Å². The smallest absolute Gasteiger partial charge is 0.0635 e. The minimum Gasteiger partial charge on any atom is -0.397 e. The van der Waals surface area contributed by atoms with Crippen LogP contribution in [0.5, 0.6) is 0 Å². The van der Waals surface area contributed by atoms with E-state index in [-0.39, 0.29) is 0 Å². The van der Waals surface area contributed by atoms with Crippen molar-refractivity contribution in [3.8, 4) is 0 Å². The van der Waals surface area contributed by atoms with Gasteiger partial charge in [-0.25, -0.2) is 0 Å². The van der Waals surface area contributed by atoms with Crippen LogP contribution >= 0.6 is 0 Å². The molecule has 1 aromatic carbocycles. The molecule has 2 unspecified atom stereocenters. The van der Waals surface area contributed by atoms with Crippen molar-refractivity contribution < 1.29 is 0 Å². The van der Waals surface area contributed by atoms with E-state index in [2.05, 4.69) is 30.9 Å². The summed E-state index contributed by atoms with van der Waals surface area (Å²) in [5, 5.41) is 0. The van der Waals surface area contributed by atoms with Crippen LogP contribution in [-0.2, 0) is 6.42 Å². The topological polar surface area (TPSA) is 29.3 Å². The first-order valence-corrected chi connectivity index (χ1v) is 7.29. The van der Waals surface area contributed by atoms with Gasteiger partial charge in [0.2, 0.25) is 0 Å². The maximum atomic E-state index is 6.20. The predicted molar refractivity (Wildman–Crippen MR) is 77.9 cm³/mol. The molecule has 0 radical (unpaired) electrons. The molecule has 1 aliphatic heterocycles. The zero-order valence-electron chi connectivity index (χ0n) is 11.5. The summed E-state index contributed by atoms with van der Waals surface area (Å²) in [5.74, 6) is 1.71. The van der Waals surface area contributed by atoms with Gasteiger partial charge in [0.05, 0.1) is 11.4 Å². The van der Waals surface area contributed by atoms with Gasteiger partial charge in [-0.15, -0.1) is 0 Å². The van der Waals surface area contributed by atoms with Gasteiger partial charge in [-0.1, -0.05) is 26.0 Å². The van der Waals surface area contributed by atoms with E-state index in [1.165, 1.54) is 36.9 Å². The van der Waals surface area contributed by atoms with Crippen LogP contribution in [0.25, 0.3) is 0 Å². The molecule has 0 aromatic heterocycles. The van der Waals surface area contributed by atoms with Crippen molar-refractivity contribution in [2.75, 3.05) is 17.2 Å². The van der Waals surface area contributed by atoms with Gasteiger partial charge < -0.3 is 10.6 Å². The molecular formula is C16H24N2. The van der Waals surface area contributed by atoms with Crippen molar-refractivity contribution in [2.45, 2.75) is 45.6 Å². The Morgan fingerprint density at radius 2 is 1.83 bits per heavy atom. The molecule has 0 saturated heterocycles. The fourth-order valence-electron chi connectivity index (χ4n) is 4.04. The van der Waals surface area contributed by atoms with Crippen LogP contribution in [0.15, 0.2) is 18.2 Å². The van der Waals surface area contributed by atoms with Crippen LogP contribution in [0.3, 0.4) is 0 Å². The van der Waals surface area contributed by atoms with Gasteiger partial charge in [0, 0.05) is 12.6 Å². The average molecular weight is 244 g/mol. The zero-order valence-corrected chi connectivity index (χ0v) is 11.5. The second-order valence-electron chi connectivity index (χ2n) is 6.37. The minimum atomic E-state index is 0.703. The van der Waals surface area contributed by atoms with E-state index in [4.69, 9.17) is 5.73 Å². The Morgan fingerprint density at radius 3 is 2.56 bits per heavy atom. The lowest BCUT2D eigenvalue weighted by atomic mass is 9.80. The maximum Gasteiger partial charge on any atom is 0.0635 e. The lowest BCUT2D eigenvalue weighted by Gasteiger charge is -2.39. The SMILES string of the molecule is CC1CC(C)CC(N2CCc3cccc(N)c32)C1. The van der Waals surface area contributed by atoms with Crippen molar-refractivity contribution in [1.82, 2.24) is 0 Å². The number of benzene rings is 1. The minimum absolute atomic E-state index is 0.703. The fourth-order valence-corrected chi connectivity index (χ4v) is 4.04. The molecule has 2 aliphatic rings. The van der Waals surface area contributed by atoms with Gasteiger partial charge in [-0.3, -0.25) is 0 Å². The summed E-state index contributed by atoms with van der Waals surface area (Å²) < 4.78 is 0. The van der Waals surface area contributed by atoms with E-state index >= 15 is 0 Å². The molecular weight excluding hydrogens is 220 g/mol. The molecule has 18 heavy (non-hydrogen) atoms. The van der Waals surface area contributed by atoms with E-state index in [0.29, 0.717) is 6.04 Å². The molecule has 3 rings (SSSR count). The molecule has 2 N–H and O–H groups in total. The molecule has 1 aliphatic carbocycles. The summed E-state index contributed by atoms with van der Waals surface area (Å²) in [5.41, 5.74) is 9.95. The lowest BCUT2D eigenvalue weighted by Crippen LogP contribution is -2.39. The number of hydrogen-bond donors (Lipinski definition) is 1. The van der Waals surface area contributed by atoms with Crippen molar-refractivity contribution in [2.24, 2.45) is 11.8 Å². The third-order valence-electron chi connectivity index (χ3n) is 4.65. The highest BCUT2D eigenvalue weighted by Gasteiger charge is 2.32. The Hall–Kier alpha value is -1.18. The zero-order chi connectivity index (χ0) is 12.7. The van der Waals surface area contributed by atoms with Gasteiger partial charge in [-0.2, -0.15) is 0 Å². The van der Waals surface area contributed by atoms with Gasteiger partial charge in [0.1, 0.15) is 0 Å². The number of para-hydroxylation sites is 1. The number of nitrogens with two attached hydrogens (primary N) is 1. The molecule has 1 heterocycles. The Kier molecular flexibility index (Phi) is 2.96. The van der Waals surface area contributed by atoms with Crippen molar-refractivity contribution >= 4 is 11.4 Å². The molecule has 2 atom stereocenters. The summed E-state index contributed by atoms with van der Waals surface area (Å²) in [6, 6.07) is 7.08. The summed E-state index contributed by atoms with van der Waals surface area (Å²) in [6.07, 6.45) is 5.22. The predicted octanol–water partition coefficient (Wildman–Crippen LogP) is 3.46. The molecule has 0 bridgehead atoms. The Labute approximate surface area is 110 Å². The van der Waals surface area contributed by atoms with Crippen LogP contribution < -0.4 is 10.6 Å². The largest absolute Gasteiger partial charge is 0.397 e. The van der Waals surface area contributed by atoms with E-state index in [0.717, 1.165) is 24.1 Å². The first-order chi connectivity index (χ1) is 8.65. The molecule has 0 amide bonds.